The van der Waals surface area contributed by atoms with Crippen molar-refractivity contribution < 1.29 is 0 Å². The van der Waals surface area contributed by atoms with E-state index >= 15 is 0 Å². The van der Waals surface area contributed by atoms with Gasteiger partial charge in [0.2, 0.25) is 5.16 Å². The molecular weight excluding hydrogens is 381 g/mol. The lowest BCUT2D eigenvalue weighted by Crippen LogP contribution is -2.19. The number of pyridine rings is 1. The molecule has 0 N–H and O–H groups in total. The number of benzene rings is 1. The zero-order valence-electron chi connectivity index (χ0n) is 13.0. The monoisotopic (exact) mass is 391 g/mol. The number of rotatable bonds is 3. The minimum Gasteiger partial charge on any atom is -0.282 e. The Morgan fingerprint density at radius 3 is 2.88 bits per heavy atom. The van der Waals surface area contributed by atoms with E-state index in [1.54, 1.807) is 35.0 Å². The minimum absolute atomic E-state index is 0.253. The molecule has 0 saturated heterocycles. The molecule has 0 amide bonds. The Labute approximate surface area is 156 Å². The van der Waals surface area contributed by atoms with Gasteiger partial charge in [0.05, 0.1) is 21.6 Å². The summed E-state index contributed by atoms with van der Waals surface area (Å²) in [5, 5.41) is 6.40. The van der Waals surface area contributed by atoms with Crippen LogP contribution in [0.4, 0.5) is 0 Å². The van der Waals surface area contributed by atoms with Gasteiger partial charge in [0.25, 0.3) is 11.3 Å². The van der Waals surface area contributed by atoms with Crippen LogP contribution >= 0.6 is 35.0 Å². The molecule has 3 heterocycles. The first-order valence-corrected chi connectivity index (χ1v) is 9.18. The third-order valence-corrected chi connectivity index (χ3v) is 4.93. The number of nitrogens with zero attached hydrogens (tertiary/aromatic N) is 5. The Morgan fingerprint density at radius 2 is 2.08 bits per heavy atom. The summed E-state index contributed by atoms with van der Waals surface area (Å²) >= 11 is 13.8. The largest absolute Gasteiger partial charge is 0.282 e. The van der Waals surface area contributed by atoms with Crippen molar-refractivity contribution in [2.75, 3.05) is 5.75 Å². The van der Waals surface area contributed by atoms with Crippen molar-refractivity contribution in [2.45, 2.75) is 12.1 Å². The van der Waals surface area contributed by atoms with E-state index in [0.29, 0.717) is 37.6 Å². The van der Waals surface area contributed by atoms with Crippen molar-refractivity contribution in [3.63, 3.8) is 0 Å². The Kier molecular flexibility index (Phi) is 4.15. The second-order valence-corrected chi connectivity index (χ2v) is 7.26. The molecule has 1 aromatic carbocycles. The number of aromatic nitrogens is 5. The first kappa shape index (κ1) is 16.4. The van der Waals surface area contributed by atoms with Gasteiger partial charge in [-0.15, -0.1) is 5.10 Å². The third kappa shape index (κ3) is 2.78. The molecule has 0 radical (unpaired) electrons. The summed E-state index contributed by atoms with van der Waals surface area (Å²) < 4.78 is 3.03. The molecular formula is C16H11Cl2N5OS. The molecule has 0 atom stereocenters. The fraction of sp³-hybridized carbons (Fsp3) is 0.125. The second kappa shape index (κ2) is 6.33. The molecule has 0 fully saturated rings. The molecule has 0 bridgehead atoms. The van der Waals surface area contributed by atoms with Gasteiger partial charge in [0.1, 0.15) is 0 Å². The maximum Gasteiger partial charge on any atom is 0.266 e. The molecule has 0 aliphatic carbocycles. The van der Waals surface area contributed by atoms with Crippen molar-refractivity contribution in [3.05, 3.63) is 57.1 Å². The molecule has 25 heavy (non-hydrogen) atoms. The van der Waals surface area contributed by atoms with Gasteiger partial charge < -0.3 is 0 Å². The van der Waals surface area contributed by atoms with Gasteiger partial charge in [0, 0.05) is 17.4 Å². The first-order chi connectivity index (χ1) is 12.1. The molecule has 4 aromatic rings. The predicted octanol–water partition coefficient (Wildman–Crippen LogP) is 3.85. The van der Waals surface area contributed by atoms with Crippen LogP contribution in [0.5, 0.6) is 0 Å². The van der Waals surface area contributed by atoms with Gasteiger partial charge in [-0.2, -0.15) is 9.50 Å². The second-order valence-electron chi connectivity index (χ2n) is 5.18. The number of halogens is 2. The summed E-state index contributed by atoms with van der Waals surface area (Å²) in [5.74, 6) is 1.32. The first-order valence-electron chi connectivity index (χ1n) is 7.44. The summed E-state index contributed by atoms with van der Waals surface area (Å²) in [5.41, 5.74) is 0.901. The van der Waals surface area contributed by atoms with Crippen molar-refractivity contribution >= 4 is 51.6 Å². The maximum atomic E-state index is 12.9. The summed E-state index contributed by atoms with van der Waals surface area (Å²) in [4.78, 5) is 21.5. The van der Waals surface area contributed by atoms with Crippen LogP contribution in [0.1, 0.15) is 6.92 Å². The van der Waals surface area contributed by atoms with Crippen LogP contribution in [0.25, 0.3) is 22.4 Å². The zero-order valence-corrected chi connectivity index (χ0v) is 15.3. The summed E-state index contributed by atoms with van der Waals surface area (Å²) in [6.45, 7) is 2.02. The molecule has 0 saturated carbocycles. The van der Waals surface area contributed by atoms with Crippen LogP contribution in [0.3, 0.4) is 0 Å². The summed E-state index contributed by atoms with van der Waals surface area (Å²) in [6.07, 6.45) is 3.16. The molecule has 9 heteroatoms. The fourth-order valence-corrected chi connectivity index (χ4v) is 3.47. The van der Waals surface area contributed by atoms with Crippen LogP contribution in [0, 0.1) is 0 Å². The highest BCUT2D eigenvalue weighted by Gasteiger charge is 2.13. The summed E-state index contributed by atoms with van der Waals surface area (Å²) in [7, 11) is 0. The smallest absolute Gasteiger partial charge is 0.266 e. The average molecular weight is 392 g/mol. The third-order valence-electron chi connectivity index (χ3n) is 3.66. The van der Waals surface area contributed by atoms with E-state index in [1.807, 2.05) is 6.92 Å². The zero-order chi connectivity index (χ0) is 17.6. The SMILES string of the molecule is CCSc1nc2ncc3c(=O)n(-c4cc(Cl)ccc4Cl)ccc3n2n1. The fourth-order valence-electron chi connectivity index (χ4n) is 2.55. The lowest BCUT2D eigenvalue weighted by Gasteiger charge is -2.09. The molecule has 3 aromatic heterocycles. The molecule has 0 unspecified atom stereocenters. The van der Waals surface area contributed by atoms with Crippen LogP contribution in [0.2, 0.25) is 10.0 Å². The van der Waals surface area contributed by atoms with Crippen LogP contribution < -0.4 is 5.56 Å². The van der Waals surface area contributed by atoms with E-state index in [9.17, 15) is 4.79 Å². The van der Waals surface area contributed by atoms with Crippen molar-refractivity contribution in [3.8, 4) is 5.69 Å². The highest BCUT2D eigenvalue weighted by atomic mass is 35.5. The lowest BCUT2D eigenvalue weighted by atomic mass is 10.2. The molecule has 0 aliphatic heterocycles. The Balaban J connectivity index is 1.98. The summed E-state index contributed by atoms with van der Waals surface area (Å²) in [6, 6.07) is 6.77. The van der Waals surface area contributed by atoms with Crippen molar-refractivity contribution in [1.29, 1.82) is 0 Å². The van der Waals surface area contributed by atoms with E-state index in [2.05, 4.69) is 15.1 Å². The Morgan fingerprint density at radius 1 is 1.24 bits per heavy atom. The van der Waals surface area contributed by atoms with E-state index in [0.717, 1.165) is 5.75 Å². The van der Waals surface area contributed by atoms with Gasteiger partial charge in [0.15, 0.2) is 0 Å². The average Bonchev–Trinajstić information content (AvgIpc) is 3.01. The van der Waals surface area contributed by atoms with Gasteiger partial charge in [-0.3, -0.25) is 9.36 Å². The number of hydrogen-bond donors (Lipinski definition) is 0. The lowest BCUT2D eigenvalue weighted by molar-refractivity contribution is 0.903. The van der Waals surface area contributed by atoms with Gasteiger partial charge in [-0.1, -0.05) is 41.9 Å². The van der Waals surface area contributed by atoms with E-state index in [1.165, 1.54) is 22.5 Å². The highest BCUT2D eigenvalue weighted by Crippen LogP contribution is 2.24. The Hall–Kier alpha value is -2.09. The standard InChI is InChI=1S/C16H11Cl2N5OS/c1-2-25-16-20-15-19-8-10-12(23(15)21-16)5-6-22(14(10)24)13-7-9(17)3-4-11(13)18/h3-8H,2H2,1H3. The topological polar surface area (TPSA) is 65.1 Å². The minimum atomic E-state index is -0.253. The molecule has 126 valence electrons. The van der Waals surface area contributed by atoms with E-state index < -0.39 is 0 Å². The van der Waals surface area contributed by atoms with Crippen molar-refractivity contribution in [1.82, 2.24) is 24.1 Å². The van der Waals surface area contributed by atoms with Crippen molar-refractivity contribution in [2.24, 2.45) is 0 Å². The van der Waals surface area contributed by atoms with Crippen LogP contribution in [-0.2, 0) is 0 Å². The number of thioether (sulfide) groups is 1. The van der Waals surface area contributed by atoms with Gasteiger partial charge >= 0.3 is 0 Å². The molecule has 0 spiro atoms. The molecule has 4 rings (SSSR count). The van der Waals surface area contributed by atoms with Gasteiger partial charge in [-0.25, -0.2) is 4.98 Å². The Bertz CT molecular complexity index is 1170. The molecule has 0 aliphatic rings. The van der Waals surface area contributed by atoms with E-state index in [4.69, 9.17) is 23.2 Å². The van der Waals surface area contributed by atoms with E-state index in [-0.39, 0.29) is 5.56 Å². The predicted molar refractivity (Wildman–Crippen MR) is 100 cm³/mol. The number of fused-ring (bicyclic) bond motifs is 3. The number of hydrogen-bond acceptors (Lipinski definition) is 5. The quantitative estimate of drug-likeness (QED) is 0.496. The van der Waals surface area contributed by atoms with Crippen LogP contribution in [-0.4, -0.2) is 29.9 Å². The van der Waals surface area contributed by atoms with Gasteiger partial charge in [-0.05, 0) is 30.0 Å². The normalized spacial score (nSPS) is 11.5. The highest BCUT2D eigenvalue weighted by molar-refractivity contribution is 7.99. The maximum absolute atomic E-state index is 12.9. The van der Waals surface area contributed by atoms with Crippen LogP contribution in [0.15, 0.2) is 46.6 Å². The molecule has 6 nitrogen and oxygen atoms in total.